The Morgan fingerprint density at radius 1 is 1.38 bits per heavy atom. The number of piperidine rings is 1. The van der Waals surface area contributed by atoms with Crippen molar-refractivity contribution in [1.82, 2.24) is 10.6 Å². The molecule has 2 fully saturated rings. The molecule has 0 saturated carbocycles. The van der Waals surface area contributed by atoms with Crippen LogP contribution < -0.4 is 15.5 Å². The van der Waals surface area contributed by atoms with Crippen molar-refractivity contribution in [3.05, 3.63) is 29.8 Å². The lowest BCUT2D eigenvalue weighted by Crippen LogP contribution is -2.52. The van der Waals surface area contributed by atoms with Crippen molar-refractivity contribution in [2.24, 2.45) is 5.41 Å². The molecule has 0 aromatic heterocycles. The number of nitrogens with one attached hydrogen (secondary N) is 2. The third kappa shape index (κ3) is 3.81. The van der Waals surface area contributed by atoms with Crippen LogP contribution in [0.1, 0.15) is 58.1 Å². The summed E-state index contributed by atoms with van der Waals surface area (Å²) in [6, 6.07) is 9.23. The summed E-state index contributed by atoms with van der Waals surface area (Å²) >= 11 is 0. The first-order valence-corrected chi connectivity index (χ1v) is 9.34. The van der Waals surface area contributed by atoms with Crippen LogP contribution in [0.3, 0.4) is 0 Å². The average Bonchev–Trinajstić information content (AvgIpc) is 2.99. The van der Waals surface area contributed by atoms with Gasteiger partial charge in [-0.15, -0.1) is 0 Å². The Kier molecular flexibility index (Phi) is 5.26. The first-order valence-electron chi connectivity index (χ1n) is 9.34. The Morgan fingerprint density at radius 2 is 2.21 bits per heavy atom. The first kappa shape index (κ1) is 17.4. The van der Waals surface area contributed by atoms with Crippen LogP contribution in [0.15, 0.2) is 24.3 Å². The highest BCUT2D eigenvalue weighted by atomic mass is 16.2. The maximum absolute atomic E-state index is 12.0. The minimum atomic E-state index is 0.251. The predicted molar refractivity (Wildman–Crippen MR) is 99.3 cm³/mol. The Labute approximate surface area is 146 Å². The van der Waals surface area contributed by atoms with Gasteiger partial charge < -0.3 is 15.5 Å². The first-order chi connectivity index (χ1) is 11.5. The van der Waals surface area contributed by atoms with Gasteiger partial charge in [0, 0.05) is 37.3 Å². The van der Waals surface area contributed by atoms with Gasteiger partial charge in [0.1, 0.15) is 0 Å². The maximum atomic E-state index is 12.0. The number of hydrogen-bond acceptors (Lipinski definition) is 3. The second kappa shape index (κ2) is 7.24. The van der Waals surface area contributed by atoms with Crippen LogP contribution in [-0.2, 0) is 4.79 Å². The minimum absolute atomic E-state index is 0.251. The van der Waals surface area contributed by atoms with E-state index in [2.05, 4.69) is 49.6 Å². The van der Waals surface area contributed by atoms with Crippen molar-refractivity contribution >= 4 is 11.6 Å². The van der Waals surface area contributed by atoms with E-state index in [0.29, 0.717) is 17.9 Å². The molecule has 4 nitrogen and oxygen atoms in total. The molecule has 0 bridgehead atoms. The highest BCUT2D eigenvalue weighted by Crippen LogP contribution is 2.30. The van der Waals surface area contributed by atoms with Gasteiger partial charge in [0.15, 0.2) is 0 Å². The van der Waals surface area contributed by atoms with Gasteiger partial charge in [0.25, 0.3) is 0 Å². The largest absolute Gasteiger partial charge is 0.312 e. The second-order valence-electron chi connectivity index (χ2n) is 7.97. The number of anilines is 1. The molecule has 2 saturated heterocycles. The lowest BCUT2D eigenvalue weighted by Gasteiger charge is -2.40. The normalized spacial score (nSPS) is 25.0. The minimum Gasteiger partial charge on any atom is -0.312 e. The molecule has 0 radical (unpaired) electrons. The molecule has 24 heavy (non-hydrogen) atoms. The zero-order valence-corrected chi connectivity index (χ0v) is 15.3. The van der Waals surface area contributed by atoms with Gasteiger partial charge in [-0.05, 0) is 55.8 Å². The van der Waals surface area contributed by atoms with Gasteiger partial charge in [-0.2, -0.15) is 0 Å². The summed E-state index contributed by atoms with van der Waals surface area (Å²) < 4.78 is 0. The van der Waals surface area contributed by atoms with E-state index in [0.717, 1.165) is 31.7 Å². The average molecular weight is 329 g/mol. The standard InChI is InChI=1S/C20H31N3O/c1-15(22-14-18-20(2,3)10-6-11-21-18)16-7-4-8-17(13-16)23-12-5-9-19(23)24/h4,7-8,13,15,18,21-22H,5-6,9-12,14H2,1-3H3. The van der Waals surface area contributed by atoms with E-state index in [1.165, 1.54) is 18.4 Å². The Morgan fingerprint density at radius 3 is 2.92 bits per heavy atom. The van der Waals surface area contributed by atoms with Gasteiger partial charge >= 0.3 is 0 Å². The van der Waals surface area contributed by atoms with E-state index < -0.39 is 0 Å². The van der Waals surface area contributed by atoms with Crippen molar-refractivity contribution < 1.29 is 4.79 Å². The number of carbonyl (C=O) groups excluding carboxylic acids is 1. The van der Waals surface area contributed by atoms with Gasteiger partial charge in [-0.3, -0.25) is 4.79 Å². The molecule has 2 heterocycles. The molecule has 0 aliphatic carbocycles. The van der Waals surface area contributed by atoms with E-state index >= 15 is 0 Å². The number of benzene rings is 1. The third-order valence-corrected chi connectivity index (χ3v) is 5.72. The van der Waals surface area contributed by atoms with E-state index in [4.69, 9.17) is 0 Å². The molecule has 1 aromatic rings. The van der Waals surface area contributed by atoms with Crippen molar-refractivity contribution in [3.63, 3.8) is 0 Å². The SMILES string of the molecule is CC(NCC1NCCCC1(C)C)c1cccc(N2CCCC2=O)c1. The molecule has 4 heteroatoms. The number of rotatable bonds is 5. The summed E-state index contributed by atoms with van der Waals surface area (Å²) in [5, 5.41) is 7.35. The monoisotopic (exact) mass is 329 g/mol. The Bertz CT molecular complexity index is 584. The third-order valence-electron chi connectivity index (χ3n) is 5.72. The molecule has 2 atom stereocenters. The molecule has 2 aliphatic rings. The summed E-state index contributed by atoms with van der Waals surface area (Å²) in [5.41, 5.74) is 2.63. The molecular formula is C20H31N3O. The van der Waals surface area contributed by atoms with E-state index in [9.17, 15) is 4.79 Å². The fraction of sp³-hybridized carbons (Fsp3) is 0.650. The molecule has 1 aromatic carbocycles. The van der Waals surface area contributed by atoms with Gasteiger partial charge in [-0.1, -0.05) is 26.0 Å². The number of amides is 1. The van der Waals surface area contributed by atoms with Crippen LogP contribution in [-0.4, -0.2) is 31.6 Å². The van der Waals surface area contributed by atoms with Crippen LogP contribution in [0, 0.1) is 5.41 Å². The summed E-state index contributed by atoms with van der Waals surface area (Å²) in [4.78, 5) is 13.9. The van der Waals surface area contributed by atoms with Crippen LogP contribution in [0.5, 0.6) is 0 Å². The molecule has 2 N–H and O–H groups in total. The second-order valence-corrected chi connectivity index (χ2v) is 7.97. The van der Waals surface area contributed by atoms with E-state index in [-0.39, 0.29) is 11.9 Å². The van der Waals surface area contributed by atoms with E-state index in [1.807, 2.05) is 11.0 Å². The zero-order valence-electron chi connectivity index (χ0n) is 15.3. The van der Waals surface area contributed by atoms with Crippen LogP contribution >= 0.6 is 0 Å². The lowest BCUT2D eigenvalue weighted by molar-refractivity contribution is -0.117. The number of hydrogen-bond donors (Lipinski definition) is 2. The van der Waals surface area contributed by atoms with Crippen LogP contribution in [0.25, 0.3) is 0 Å². The Hall–Kier alpha value is -1.39. The summed E-state index contributed by atoms with van der Waals surface area (Å²) in [6.45, 7) is 9.87. The van der Waals surface area contributed by atoms with E-state index in [1.54, 1.807) is 0 Å². The summed E-state index contributed by atoms with van der Waals surface area (Å²) in [7, 11) is 0. The van der Waals surface area contributed by atoms with Gasteiger partial charge in [0.05, 0.1) is 0 Å². The highest BCUT2D eigenvalue weighted by Gasteiger charge is 2.31. The van der Waals surface area contributed by atoms with Crippen molar-refractivity contribution in [3.8, 4) is 0 Å². The Balaban J connectivity index is 1.62. The maximum Gasteiger partial charge on any atom is 0.227 e. The number of nitrogens with zero attached hydrogens (tertiary/aromatic N) is 1. The predicted octanol–water partition coefficient (Wildman–Crippen LogP) is 3.24. The molecule has 1 amide bonds. The van der Waals surface area contributed by atoms with Crippen molar-refractivity contribution in [1.29, 1.82) is 0 Å². The highest BCUT2D eigenvalue weighted by molar-refractivity contribution is 5.95. The molecule has 3 rings (SSSR count). The summed E-state index contributed by atoms with van der Waals surface area (Å²) in [6.07, 6.45) is 4.21. The van der Waals surface area contributed by atoms with Crippen molar-refractivity contribution in [2.45, 2.75) is 58.5 Å². The summed E-state index contributed by atoms with van der Waals surface area (Å²) in [5.74, 6) is 0.251. The smallest absolute Gasteiger partial charge is 0.227 e. The fourth-order valence-corrected chi connectivity index (χ4v) is 3.91. The molecule has 0 spiro atoms. The molecular weight excluding hydrogens is 298 g/mol. The van der Waals surface area contributed by atoms with Crippen LogP contribution in [0.4, 0.5) is 5.69 Å². The fourth-order valence-electron chi connectivity index (χ4n) is 3.91. The molecule has 2 unspecified atom stereocenters. The topological polar surface area (TPSA) is 44.4 Å². The quantitative estimate of drug-likeness (QED) is 0.871. The van der Waals surface area contributed by atoms with Crippen molar-refractivity contribution in [2.75, 3.05) is 24.5 Å². The number of carbonyl (C=O) groups is 1. The molecule has 2 aliphatic heterocycles. The molecule has 132 valence electrons. The van der Waals surface area contributed by atoms with Gasteiger partial charge in [0.2, 0.25) is 5.91 Å². The zero-order chi connectivity index (χ0) is 17.2. The lowest BCUT2D eigenvalue weighted by atomic mass is 9.77. The van der Waals surface area contributed by atoms with Gasteiger partial charge in [-0.25, -0.2) is 0 Å². The van der Waals surface area contributed by atoms with Crippen LogP contribution in [0.2, 0.25) is 0 Å².